The van der Waals surface area contributed by atoms with Crippen molar-refractivity contribution in [3.05, 3.63) is 0 Å². The van der Waals surface area contributed by atoms with Crippen LogP contribution < -0.4 is 16.8 Å². The predicted octanol–water partition coefficient (Wildman–Crippen LogP) is 0.461. The normalized spacial score (nSPS) is 14.3. The van der Waals surface area contributed by atoms with Crippen LogP contribution in [0.15, 0.2) is 0 Å². The standard InChI is InChI=1S/C11H25N3O/c1-8(2)9(6-12)7-14-11(3,4)5-10(13)15/h8-9,14H,5-7,12H2,1-4H3,(H2,13,15). The van der Waals surface area contributed by atoms with Gasteiger partial charge in [0.1, 0.15) is 0 Å². The summed E-state index contributed by atoms with van der Waals surface area (Å²) in [4.78, 5) is 10.8. The van der Waals surface area contributed by atoms with E-state index in [2.05, 4.69) is 19.2 Å². The molecule has 0 aromatic rings. The Hall–Kier alpha value is -0.610. The van der Waals surface area contributed by atoms with E-state index in [1.807, 2.05) is 13.8 Å². The molecular formula is C11H25N3O. The molecule has 0 saturated carbocycles. The molecule has 0 fully saturated rings. The molecule has 5 N–H and O–H groups in total. The maximum atomic E-state index is 10.8. The van der Waals surface area contributed by atoms with E-state index >= 15 is 0 Å². The molecule has 0 aromatic carbocycles. The Labute approximate surface area is 92.8 Å². The summed E-state index contributed by atoms with van der Waals surface area (Å²) >= 11 is 0. The van der Waals surface area contributed by atoms with Gasteiger partial charge in [0.25, 0.3) is 0 Å². The molecule has 0 saturated heterocycles. The molecule has 1 atom stereocenters. The van der Waals surface area contributed by atoms with Crippen LogP contribution in [-0.2, 0) is 4.79 Å². The Morgan fingerprint density at radius 1 is 1.40 bits per heavy atom. The molecule has 0 radical (unpaired) electrons. The Morgan fingerprint density at radius 2 is 1.93 bits per heavy atom. The maximum Gasteiger partial charge on any atom is 0.219 e. The molecule has 1 amide bonds. The number of carbonyl (C=O) groups is 1. The zero-order chi connectivity index (χ0) is 12.1. The lowest BCUT2D eigenvalue weighted by Crippen LogP contribution is -2.46. The Morgan fingerprint density at radius 3 is 2.27 bits per heavy atom. The third-order valence-corrected chi connectivity index (χ3v) is 2.70. The summed E-state index contributed by atoms with van der Waals surface area (Å²) in [6, 6.07) is 0. The fraction of sp³-hybridized carbons (Fsp3) is 0.909. The number of nitrogens with two attached hydrogens (primary N) is 2. The number of rotatable bonds is 7. The topological polar surface area (TPSA) is 81.1 Å². The van der Waals surface area contributed by atoms with Gasteiger partial charge in [-0.05, 0) is 38.8 Å². The van der Waals surface area contributed by atoms with Crippen molar-refractivity contribution in [2.45, 2.75) is 39.7 Å². The first-order valence-corrected chi connectivity index (χ1v) is 5.52. The average Bonchev–Trinajstić information content (AvgIpc) is 2.01. The summed E-state index contributed by atoms with van der Waals surface area (Å²) in [6.45, 7) is 9.75. The molecule has 4 nitrogen and oxygen atoms in total. The van der Waals surface area contributed by atoms with Gasteiger partial charge in [0.15, 0.2) is 0 Å². The number of primary amides is 1. The maximum absolute atomic E-state index is 10.8. The van der Waals surface area contributed by atoms with Gasteiger partial charge < -0.3 is 16.8 Å². The first kappa shape index (κ1) is 14.4. The fourth-order valence-corrected chi connectivity index (χ4v) is 1.50. The minimum absolute atomic E-state index is 0.242. The van der Waals surface area contributed by atoms with Gasteiger partial charge in [0.05, 0.1) is 0 Å². The molecule has 0 bridgehead atoms. The third kappa shape index (κ3) is 6.47. The molecule has 90 valence electrons. The van der Waals surface area contributed by atoms with Gasteiger partial charge in [0.2, 0.25) is 5.91 Å². The highest BCUT2D eigenvalue weighted by Gasteiger charge is 2.22. The Balaban J connectivity index is 4.06. The number of hydrogen-bond acceptors (Lipinski definition) is 3. The van der Waals surface area contributed by atoms with E-state index in [1.165, 1.54) is 0 Å². The second-order valence-corrected chi connectivity index (χ2v) is 5.15. The Bertz CT molecular complexity index is 202. The van der Waals surface area contributed by atoms with E-state index in [0.717, 1.165) is 6.54 Å². The van der Waals surface area contributed by atoms with Gasteiger partial charge in [0, 0.05) is 12.0 Å². The molecule has 0 heterocycles. The van der Waals surface area contributed by atoms with Crippen LogP contribution in [0.5, 0.6) is 0 Å². The van der Waals surface area contributed by atoms with Crippen LogP contribution >= 0.6 is 0 Å². The number of carbonyl (C=O) groups excluding carboxylic acids is 1. The lowest BCUT2D eigenvalue weighted by Gasteiger charge is -2.29. The molecule has 0 aliphatic heterocycles. The van der Waals surface area contributed by atoms with Crippen molar-refractivity contribution in [3.63, 3.8) is 0 Å². The van der Waals surface area contributed by atoms with Crippen molar-refractivity contribution in [2.75, 3.05) is 13.1 Å². The van der Waals surface area contributed by atoms with Crippen LogP contribution in [0, 0.1) is 11.8 Å². The molecule has 0 aromatic heterocycles. The number of amides is 1. The highest BCUT2D eigenvalue weighted by atomic mass is 16.1. The molecule has 1 unspecified atom stereocenters. The lowest BCUT2D eigenvalue weighted by molar-refractivity contribution is -0.119. The summed E-state index contributed by atoms with van der Waals surface area (Å²) in [6.07, 6.45) is 0.350. The van der Waals surface area contributed by atoms with Gasteiger partial charge in [-0.15, -0.1) is 0 Å². The first-order chi connectivity index (χ1) is 6.78. The van der Waals surface area contributed by atoms with Gasteiger partial charge in [-0.1, -0.05) is 13.8 Å². The second-order valence-electron chi connectivity index (χ2n) is 5.15. The monoisotopic (exact) mass is 215 g/mol. The van der Waals surface area contributed by atoms with Crippen LogP contribution in [-0.4, -0.2) is 24.5 Å². The molecule has 0 aliphatic rings. The van der Waals surface area contributed by atoms with Crippen LogP contribution in [0.3, 0.4) is 0 Å². The predicted molar refractivity (Wildman–Crippen MR) is 63.3 cm³/mol. The lowest BCUT2D eigenvalue weighted by atomic mass is 9.93. The van der Waals surface area contributed by atoms with E-state index in [1.54, 1.807) is 0 Å². The van der Waals surface area contributed by atoms with Crippen LogP contribution in [0.4, 0.5) is 0 Å². The van der Waals surface area contributed by atoms with Crippen LogP contribution in [0.1, 0.15) is 34.1 Å². The minimum atomic E-state index is -0.277. The Kier molecular flexibility index (Phi) is 5.83. The fourth-order valence-electron chi connectivity index (χ4n) is 1.50. The zero-order valence-electron chi connectivity index (χ0n) is 10.3. The smallest absolute Gasteiger partial charge is 0.219 e. The van der Waals surface area contributed by atoms with Crippen molar-refractivity contribution in [2.24, 2.45) is 23.3 Å². The van der Waals surface area contributed by atoms with Crippen LogP contribution in [0.25, 0.3) is 0 Å². The van der Waals surface area contributed by atoms with Gasteiger partial charge in [-0.2, -0.15) is 0 Å². The molecule has 4 heteroatoms. The largest absolute Gasteiger partial charge is 0.370 e. The summed E-state index contributed by atoms with van der Waals surface area (Å²) in [5.41, 5.74) is 10.6. The summed E-state index contributed by atoms with van der Waals surface area (Å²) < 4.78 is 0. The van der Waals surface area contributed by atoms with E-state index in [0.29, 0.717) is 24.8 Å². The molecular weight excluding hydrogens is 190 g/mol. The molecule has 15 heavy (non-hydrogen) atoms. The van der Waals surface area contributed by atoms with Crippen molar-refractivity contribution in [1.82, 2.24) is 5.32 Å². The van der Waals surface area contributed by atoms with Crippen molar-refractivity contribution in [1.29, 1.82) is 0 Å². The summed E-state index contributed by atoms with van der Waals surface area (Å²) in [5, 5.41) is 3.34. The third-order valence-electron chi connectivity index (χ3n) is 2.70. The van der Waals surface area contributed by atoms with Gasteiger partial charge in [-0.25, -0.2) is 0 Å². The van der Waals surface area contributed by atoms with E-state index < -0.39 is 0 Å². The zero-order valence-corrected chi connectivity index (χ0v) is 10.3. The molecule has 0 spiro atoms. The summed E-state index contributed by atoms with van der Waals surface area (Å²) in [7, 11) is 0. The highest BCUT2D eigenvalue weighted by Crippen LogP contribution is 2.12. The van der Waals surface area contributed by atoms with E-state index in [4.69, 9.17) is 11.5 Å². The van der Waals surface area contributed by atoms with Gasteiger partial charge in [-0.3, -0.25) is 4.79 Å². The summed E-state index contributed by atoms with van der Waals surface area (Å²) in [5.74, 6) is 0.713. The van der Waals surface area contributed by atoms with Crippen molar-refractivity contribution >= 4 is 5.91 Å². The van der Waals surface area contributed by atoms with E-state index in [9.17, 15) is 4.79 Å². The second kappa shape index (κ2) is 6.08. The van der Waals surface area contributed by atoms with Crippen LogP contribution in [0.2, 0.25) is 0 Å². The quantitative estimate of drug-likeness (QED) is 0.577. The average molecular weight is 215 g/mol. The SMILES string of the molecule is CC(C)C(CN)CNC(C)(C)CC(N)=O. The minimum Gasteiger partial charge on any atom is -0.370 e. The number of nitrogens with one attached hydrogen (secondary N) is 1. The molecule has 0 rings (SSSR count). The van der Waals surface area contributed by atoms with Crippen molar-refractivity contribution in [3.8, 4) is 0 Å². The van der Waals surface area contributed by atoms with Crippen molar-refractivity contribution < 1.29 is 4.79 Å². The first-order valence-electron chi connectivity index (χ1n) is 5.52. The number of hydrogen-bond donors (Lipinski definition) is 3. The highest BCUT2D eigenvalue weighted by molar-refractivity contribution is 5.74. The van der Waals surface area contributed by atoms with E-state index in [-0.39, 0.29) is 11.4 Å². The van der Waals surface area contributed by atoms with Gasteiger partial charge >= 0.3 is 0 Å². The molecule has 0 aliphatic carbocycles.